The van der Waals surface area contributed by atoms with E-state index in [1.165, 1.54) is 5.56 Å². The van der Waals surface area contributed by atoms with Gasteiger partial charge in [0.25, 0.3) is 0 Å². The normalized spacial score (nSPS) is 17.8. The second kappa shape index (κ2) is 3.99. The zero-order valence-corrected chi connectivity index (χ0v) is 10.7. The third-order valence-corrected chi connectivity index (χ3v) is 3.77. The van der Waals surface area contributed by atoms with E-state index in [0.29, 0.717) is 5.65 Å². The number of aromatic amines is 1. The molecule has 0 fully saturated rings. The van der Waals surface area contributed by atoms with Gasteiger partial charge in [-0.1, -0.05) is 6.07 Å². The van der Waals surface area contributed by atoms with E-state index < -0.39 is 0 Å². The summed E-state index contributed by atoms with van der Waals surface area (Å²) >= 11 is 6.00. The van der Waals surface area contributed by atoms with Gasteiger partial charge in [-0.3, -0.25) is 10.1 Å². The molecule has 0 radical (unpaired) electrons. The summed E-state index contributed by atoms with van der Waals surface area (Å²) in [6.07, 6.45) is 5.60. The summed E-state index contributed by atoms with van der Waals surface area (Å²) in [5.74, 6) is 0.178. The number of pyridine rings is 1. The number of H-pyrrole nitrogens is 1. The van der Waals surface area contributed by atoms with Crippen molar-refractivity contribution >= 4 is 22.6 Å². The minimum absolute atomic E-state index is 0.178. The van der Waals surface area contributed by atoms with E-state index in [2.05, 4.69) is 31.2 Å². The quantitative estimate of drug-likeness (QED) is 0.691. The Bertz CT molecular complexity index is 767. The van der Waals surface area contributed by atoms with E-state index in [9.17, 15) is 0 Å². The fraction of sp³-hybridized carbons (Fsp3) is 0.231. The van der Waals surface area contributed by atoms with Crippen molar-refractivity contribution < 1.29 is 0 Å². The molecule has 0 saturated heterocycles. The summed E-state index contributed by atoms with van der Waals surface area (Å²) in [5, 5.41) is 8.04. The number of hydrogen-bond acceptors (Lipinski definition) is 4. The van der Waals surface area contributed by atoms with Crippen LogP contribution >= 0.6 is 11.6 Å². The smallest absolute Gasteiger partial charge is 0.224 e. The lowest BCUT2D eigenvalue weighted by molar-refractivity contribution is 0.751. The van der Waals surface area contributed by atoms with Gasteiger partial charge in [0.05, 0.1) is 23.0 Å². The second-order valence-corrected chi connectivity index (χ2v) is 4.99. The van der Waals surface area contributed by atoms with Crippen LogP contribution in [-0.2, 0) is 6.42 Å². The SMILES string of the molecule is Clc1nc(C2CCc3cccnc32)c2cn[nH]c2n1. The van der Waals surface area contributed by atoms with E-state index in [1.54, 1.807) is 6.20 Å². The van der Waals surface area contributed by atoms with Crippen molar-refractivity contribution in [1.82, 2.24) is 25.1 Å². The Labute approximate surface area is 114 Å². The summed E-state index contributed by atoms with van der Waals surface area (Å²) in [5.41, 5.74) is 3.99. The number of hydrogen-bond donors (Lipinski definition) is 1. The Hall–Kier alpha value is -2.01. The van der Waals surface area contributed by atoms with Crippen LogP contribution in [0.1, 0.15) is 29.3 Å². The van der Waals surface area contributed by atoms with Crippen molar-refractivity contribution in [2.75, 3.05) is 0 Å². The van der Waals surface area contributed by atoms with E-state index in [-0.39, 0.29) is 11.2 Å². The Morgan fingerprint density at radius 3 is 3.16 bits per heavy atom. The molecule has 6 heteroatoms. The van der Waals surface area contributed by atoms with Crippen molar-refractivity contribution in [3.05, 3.63) is 46.8 Å². The summed E-state index contributed by atoms with van der Waals surface area (Å²) < 4.78 is 0. The van der Waals surface area contributed by atoms with Gasteiger partial charge in [-0.2, -0.15) is 10.1 Å². The van der Waals surface area contributed by atoms with Crippen LogP contribution in [-0.4, -0.2) is 25.1 Å². The number of rotatable bonds is 1. The summed E-state index contributed by atoms with van der Waals surface area (Å²) in [7, 11) is 0. The van der Waals surface area contributed by atoms with Crippen molar-refractivity contribution in [3.63, 3.8) is 0 Å². The van der Waals surface area contributed by atoms with Gasteiger partial charge in [0.15, 0.2) is 5.65 Å². The fourth-order valence-electron chi connectivity index (χ4n) is 2.77. The first-order valence-electron chi connectivity index (χ1n) is 6.13. The van der Waals surface area contributed by atoms with Crippen LogP contribution in [0.5, 0.6) is 0 Å². The molecule has 5 nitrogen and oxygen atoms in total. The first-order valence-corrected chi connectivity index (χ1v) is 6.51. The average Bonchev–Trinajstić information content (AvgIpc) is 3.03. The van der Waals surface area contributed by atoms with Gasteiger partial charge in [-0.15, -0.1) is 0 Å². The Kier molecular flexibility index (Phi) is 2.29. The monoisotopic (exact) mass is 271 g/mol. The van der Waals surface area contributed by atoms with Crippen LogP contribution in [0.2, 0.25) is 5.28 Å². The zero-order chi connectivity index (χ0) is 12.8. The first-order chi connectivity index (χ1) is 9.33. The van der Waals surface area contributed by atoms with Crippen molar-refractivity contribution in [2.45, 2.75) is 18.8 Å². The lowest BCUT2D eigenvalue weighted by atomic mass is 10.00. The van der Waals surface area contributed by atoms with E-state index >= 15 is 0 Å². The van der Waals surface area contributed by atoms with Crippen molar-refractivity contribution in [2.24, 2.45) is 0 Å². The molecular weight excluding hydrogens is 262 g/mol. The van der Waals surface area contributed by atoms with Gasteiger partial charge in [-0.25, -0.2) is 4.98 Å². The number of aryl methyl sites for hydroxylation is 1. The van der Waals surface area contributed by atoms with E-state index in [0.717, 1.165) is 29.6 Å². The summed E-state index contributed by atoms with van der Waals surface area (Å²) in [4.78, 5) is 13.1. The van der Waals surface area contributed by atoms with Gasteiger partial charge in [0.2, 0.25) is 5.28 Å². The van der Waals surface area contributed by atoms with Crippen LogP contribution < -0.4 is 0 Å². The Morgan fingerprint density at radius 1 is 1.26 bits per heavy atom. The zero-order valence-electron chi connectivity index (χ0n) is 9.97. The predicted octanol–water partition coefficient (Wildman–Crippen LogP) is 2.48. The molecule has 3 aromatic heterocycles. The standard InChI is InChI=1S/C13H10ClN5/c14-13-17-11(9-6-16-19-12(9)18-13)8-4-3-7-2-1-5-15-10(7)8/h1-2,5-6,8H,3-4H2,(H,16,17,18,19). The van der Waals surface area contributed by atoms with Gasteiger partial charge < -0.3 is 0 Å². The average molecular weight is 272 g/mol. The van der Waals surface area contributed by atoms with Crippen molar-refractivity contribution in [1.29, 1.82) is 0 Å². The lowest BCUT2D eigenvalue weighted by Gasteiger charge is -2.10. The maximum Gasteiger partial charge on any atom is 0.224 e. The number of nitrogens with zero attached hydrogens (tertiary/aromatic N) is 4. The molecule has 1 N–H and O–H groups in total. The van der Waals surface area contributed by atoms with Gasteiger partial charge in [0.1, 0.15) is 0 Å². The fourth-order valence-corrected chi connectivity index (χ4v) is 2.95. The highest BCUT2D eigenvalue weighted by Gasteiger charge is 2.28. The molecule has 0 aromatic carbocycles. The molecule has 0 bridgehead atoms. The van der Waals surface area contributed by atoms with Gasteiger partial charge in [-0.05, 0) is 36.1 Å². The first kappa shape index (κ1) is 10.9. The molecule has 3 aromatic rings. The largest absolute Gasteiger partial charge is 0.261 e. The molecule has 19 heavy (non-hydrogen) atoms. The summed E-state index contributed by atoms with van der Waals surface area (Å²) in [6.45, 7) is 0. The Morgan fingerprint density at radius 2 is 2.21 bits per heavy atom. The number of halogens is 1. The second-order valence-electron chi connectivity index (χ2n) is 4.65. The molecule has 1 atom stereocenters. The minimum Gasteiger partial charge on any atom is -0.261 e. The number of nitrogens with one attached hydrogen (secondary N) is 1. The van der Waals surface area contributed by atoms with Crippen LogP contribution in [0, 0.1) is 0 Å². The molecular formula is C13H10ClN5. The topological polar surface area (TPSA) is 67.3 Å². The van der Waals surface area contributed by atoms with Crippen LogP contribution in [0.4, 0.5) is 0 Å². The highest BCUT2D eigenvalue weighted by atomic mass is 35.5. The van der Waals surface area contributed by atoms with Gasteiger partial charge in [0, 0.05) is 12.1 Å². The number of fused-ring (bicyclic) bond motifs is 2. The maximum atomic E-state index is 6.00. The molecule has 1 aliphatic rings. The molecule has 0 saturated carbocycles. The summed E-state index contributed by atoms with van der Waals surface area (Å²) in [6, 6.07) is 4.10. The third-order valence-electron chi connectivity index (χ3n) is 3.60. The van der Waals surface area contributed by atoms with Crippen LogP contribution in [0.25, 0.3) is 11.0 Å². The minimum atomic E-state index is 0.178. The van der Waals surface area contributed by atoms with E-state index in [4.69, 9.17) is 11.6 Å². The molecule has 0 amide bonds. The third kappa shape index (κ3) is 1.62. The van der Waals surface area contributed by atoms with Crippen molar-refractivity contribution in [3.8, 4) is 0 Å². The highest BCUT2D eigenvalue weighted by molar-refractivity contribution is 6.28. The Balaban J connectivity index is 1.94. The molecule has 94 valence electrons. The van der Waals surface area contributed by atoms with Gasteiger partial charge >= 0.3 is 0 Å². The molecule has 0 aliphatic heterocycles. The van der Waals surface area contributed by atoms with Crippen LogP contribution in [0.3, 0.4) is 0 Å². The molecule has 4 rings (SSSR count). The molecule has 3 heterocycles. The lowest BCUT2D eigenvalue weighted by Crippen LogP contribution is -2.03. The van der Waals surface area contributed by atoms with Crippen LogP contribution in [0.15, 0.2) is 24.5 Å². The molecule has 1 aliphatic carbocycles. The maximum absolute atomic E-state index is 6.00. The van der Waals surface area contributed by atoms with E-state index in [1.807, 2.05) is 12.3 Å². The number of aromatic nitrogens is 5. The predicted molar refractivity (Wildman–Crippen MR) is 71.1 cm³/mol. The highest BCUT2D eigenvalue weighted by Crippen LogP contribution is 2.38. The molecule has 0 spiro atoms. The molecule has 1 unspecified atom stereocenters.